The molecule has 2 heterocycles. The smallest absolute Gasteiger partial charge is 0.319 e. The van der Waals surface area contributed by atoms with Gasteiger partial charge in [0.05, 0.1) is 23.9 Å². The molecule has 0 bridgehead atoms. The lowest BCUT2D eigenvalue weighted by atomic mass is 9.95. The highest BCUT2D eigenvalue weighted by Gasteiger charge is 2.39. The van der Waals surface area contributed by atoms with Crippen molar-refractivity contribution in [1.29, 1.82) is 0 Å². The summed E-state index contributed by atoms with van der Waals surface area (Å²) in [6.07, 6.45) is 0.531. The Bertz CT molecular complexity index is 654. The third-order valence-electron chi connectivity index (χ3n) is 3.98. The van der Waals surface area contributed by atoms with Gasteiger partial charge in [0.25, 0.3) is 5.91 Å². The van der Waals surface area contributed by atoms with Crippen LogP contribution in [0.1, 0.15) is 23.6 Å². The normalized spacial score (nSPS) is 20.8. The van der Waals surface area contributed by atoms with E-state index in [9.17, 15) is 9.59 Å². The summed E-state index contributed by atoms with van der Waals surface area (Å²) in [6.45, 7) is 2.90. The summed E-state index contributed by atoms with van der Waals surface area (Å²) in [7, 11) is 0. The average Bonchev–Trinajstić information content (AvgIpc) is 2.80. The minimum Gasteiger partial charge on any atom is -0.396 e. The summed E-state index contributed by atoms with van der Waals surface area (Å²) in [5.74, 6) is -0.0811. The third-order valence-corrected chi connectivity index (χ3v) is 3.98. The second kappa shape index (κ2) is 5.81. The molecular weight excluding hydrogens is 282 g/mol. The lowest BCUT2D eigenvalue weighted by molar-refractivity contribution is -0.125. The number of hydrogen-bond donors (Lipinski definition) is 3. The molecule has 1 aromatic carbocycles. The fourth-order valence-electron chi connectivity index (χ4n) is 2.97. The molecule has 6 heteroatoms. The van der Waals surface area contributed by atoms with Gasteiger partial charge < -0.3 is 20.6 Å². The van der Waals surface area contributed by atoms with E-state index in [0.29, 0.717) is 30.8 Å². The van der Waals surface area contributed by atoms with Crippen LogP contribution in [0, 0.1) is 6.92 Å². The van der Waals surface area contributed by atoms with Crippen molar-refractivity contribution in [3.05, 3.63) is 46.7 Å². The number of aliphatic hydroxyl groups is 1. The van der Waals surface area contributed by atoms with Gasteiger partial charge >= 0.3 is 6.03 Å². The number of hydrogen-bond acceptors (Lipinski definition) is 3. The van der Waals surface area contributed by atoms with E-state index in [0.717, 1.165) is 11.1 Å². The molecule has 0 fully saturated rings. The monoisotopic (exact) mass is 301 g/mol. The van der Waals surface area contributed by atoms with Gasteiger partial charge in [-0.15, -0.1) is 0 Å². The van der Waals surface area contributed by atoms with E-state index in [-0.39, 0.29) is 18.5 Å². The molecule has 0 saturated carbocycles. The van der Waals surface area contributed by atoms with Gasteiger partial charge in [0, 0.05) is 13.2 Å². The Balaban J connectivity index is 1.92. The van der Waals surface area contributed by atoms with Gasteiger partial charge in [0.15, 0.2) is 0 Å². The fourth-order valence-corrected chi connectivity index (χ4v) is 2.97. The highest BCUT2D eigenvalue weighted by molar-refractivity contribution is 6.01. The van der Waals surface area contributed by atoms with E-state index < -0.39 is 6.04 Å². The van der Waals surface area contributed by atoms with Gasteiger partial charge in [0.2, 0.25) is 0 Å². The van der Waals surface area contributed by atoms with Gasteiger partial charge in [-0.1, -0.05) is 29.8 Å². The van der Waals surface area contributed by atoms with E-state index in [4.69, 9.17) is 5.11 Å². The number of aryl methyl sites for hydroxylation is 1. The molecule has 0 spiro atoms. The summed E-state index contributed by atoms with van der Waals surface area (Å²) in [5, 5.41) is 14.5. The van der Waals surface area contributed by atoms with Gasteiger partial charge in [0.1, 0.15) is 0 Å². The molecule has 3 amide bonds. The molecule has 0 saturated heterocycles. The molecule has 6 nitrogen and oxygen atoms in total. The van der Waals surface area contributed by atoms with Crippen molar-refractivity contribution in [1.82, 2.24) is 15.5 Å². The lowest BCUT2D eigenvalue weighted by Gasteiger charge is -2.25. The van der Waals surface area contributed by atoms with Crippen LogP contribution in [0.25, 0.3) is 0 Å². The zero-order chi connectivity index (χ0) is 15.7. The zero-order valence-corrected chi connectivity index (χ0v) is 12.4. The first-order valence-electron chi connectivity index (χ1n) is 7.37. The van der Waals surface area contributed by atoms with Crippen molar-refractivity contribution in [3.63, 3.8) is 0 Å². The average molecular weight is 301 g/mol. The second-order valence-electron chi connectivity index (χ2n) is 5.64. The van der Waals surface area contributed by atoms with E-state index in [1.54, 1.807) is 4.90 Å². The Morgan fingerprint density at radius 1 is 1.36 bits per heavy atom. The van der Waals surface area contributed by atoms with Gasteiger partial charge in [-0.2, -0.15) is 0 Å². The Morgan fingerprint density at radius 2 is 2.18 bits per heavy atom. The van der Waals surface area contributed by atoms with Crippen LogP contribution in [0.4, 0.5) is 4.79 Å². The largest absolute Gasteiger partial charge is 0.396 e. The molecule has 22 heavy (non-hydrogen) atoms. The first-order valence-corrected chi connectivity index (χ1v) is 7.37. The number of benzene rings is 1. The summed E-state index contributed by atoms with van der Waals surface area (Å²) < 4.78 is 0. The molecule has 1 atom stereocenters. The topological polar surface area (TPSA) is 81.7 Å². The van der Waals surface area contributed by atoms with Crippen LogP contribution in [0.2, 0.25) is 0 Å². The number of carbonyl (C=O) groups excluding carboxylic acids is 2. The van der Waals surface area contributed by atoms with Crippen LogP contribution < -0.4 is 10.6 Å². The van der Waals surface area contributed by atoms with Crippen molar-refractivity contribution in [2.75, 3.05) is 19.7 Å². The van der Waals surface area contributed by atoms with Crippen LogP contribution in [-0.4, -0.2) is 41.6 Å². The molecule has 1 aromatic rings. The molecule has 0 unspecified atom stereocenters. The van der Waals surface area contributed by atoms with Crippen LogP contribution in [-0.2, 0) is 4.79 Å². The highest BCUT2D eigenvalue weighted by Crippen LogP contribution is 2.32. The standard InChI is InChI=1S/C16H19N3O3/c1-10-4-2-5-11(8-10)14-13-12(17-16(22)18-14)9-19(15(13)21)6-3-7-20/h2,4-5,8,14,20H,3,6-7,9H2,1H3,(H2,17,18,22)/t14-/m0/s1. The minimum atomic E-state index is -0.421. The number of carbonyl (C=O) groups is 2. The molecule has 116 valence electrons. The first kappa shape index (κ1) is 14.6. The van der Waals surface area contributed by atoms with Gasteiger partial charge in [-0.3, -0.25) is 4.79 Å². The fraction of sp³-hybridized carbons (Fsp3) is 0.375. The Labute approximate surface area is 128 Å². The second-order valence-corrected chi connectivity index (χ2v) is 5.64. The Kier molecular flexibility index (Phi) is 3.85. The molecular formula is C16H19N3O3. The van der Waals surface area contributed by atoms with E-state index in [2.05, 4.69) is 10.6 Å². The third kappa shape index (κ3) is 2.57. The number of nitrogens with zero attached hydrogens (tertiary/aromatic N) is 1. The molecule has 2 aliphatic rings. The van der Waals surface area contributed by atoms with Crippen LogP contribution in [0.3, 0.4) is 0 Å². The minimum absolute atomic E-state index is 0.0420. The number of rotatable bonds is 4. The van der Waals surface area contributed by atoms with Crippen LogP contribution >= 0.6 is 0 Å². The van der Waals surface area contributed by atoms with E-state index >= 15 is 0 Å². The van der Waals surface area contributed by atoms with E-state index in [1.165, 1.54) is 0 Å². The van der Waals surface area contributed by atoms with Gasteiger partial charge in [-0.05, 0) is 18.9 Å². The van der Waals surface area contributed by atoms with E-state index in [1.807, 2.05) is 31.2 Å². The van der Waals surface area contributed by atoms with Crippen LogP contribution in [0.5, 0.6) is 0 Å². The SMILES string of the molecule is Cc1cccc([C@@H]2NC(=O)NC3=C2C(=O)N(CCCO)C3)c1. The molecule has 0 aliphatic carbocycles. The maximum atomic E-state index is 12.6. The zero-order valence-electron chi connectivity index (χ0n) is 12.4. The Hall–Kier alpha value is -2.34. The number of amides is 3. The van der Waals surface area contributed by atoms with Crippen LogP contribution in [0.15, 0.2) is 35.5 Å². The number of aliphatic hydroxyl groups excluding tert-OH is 1. The van der Waals surface area contributed by atoms with Gasteiger partial charge in [-0.25, -0.2) is 4.79 Å². The summed E-state index contributed by atoms with van der Waals surface area (Å²) in [4.78, 5) is 26.2. The van der Waals surface area contributed by atoms with Crippen molar-refractivity contribution >= 4 is 11.9 Å². The highest BCUT2D eigenvalue weighted by atomic mass is 16.3. The van der Waals surface area contributed by atoms with Crippen molar-refractivity contribution in [2.24, 2.45) is 0 Å². The summed E-state index contributed by atoms with van der Waals surface area (Å²) >= 11 is 0. The molecule has 0 aromatic heterocycles. The lowest BCUT2D eigenvalue weighted by Crippen LogP contribution is -2.44. The predicted octanol–water partition coefficient (Wildman–Crippen LogP) is 0.828. The quantitative estimate of drug-likeness (QED) is 0.770. The first-order chi connectivity index (χ1) is 10.6. The summed E-state index contributed by atoms with van der Waals surface area (Å²) in [5.41, 5.74) is 3.25. The van der Waals surface area contributed by atoms with Crippen molar-refractivity contribution in [2.45, 2.75) is 19.4 Å². The molecule has 2 aliphatic heterocycles. The number of nitrogens with one attached hydrogen (secondary N) is 2. The molecule has 3 N–H and O–H groups in total. The maximum absolute atomic E-state index is 12.6. The molecule has 3 rings (SSSR count). The van der Waals surface area contributed by atoms with Crippen molar-refractivity contribution < 1.29 is 14.7 Å². The predicted molar refractivity (Wildman–Crippen MR) is 80.9 cm³/mol. The molecule has 0 radical (unpaired) electrons. The maximum Gasteiger partial charge on any atom is 0.319 e. The Morgan fingerprint density at radius 3 is 2.91 bits per heavy atom. The van der Waals surface area contributed by atoms with Crippen molar-refractivity contribution in [3.8, 4) is 0 Å². The number of urea groups is 1. The summed E-state index contributed by atoms with van der Waals surface area (Å²) in [6, 6.07) is 7.08.